The van der Waals surface area contributed by atoms with E-state index in [0.29, 0.717) is 6.42 Å². The summed E-state index contributed by atoms with van der Waals surface area (Å²) >= 11 is 0. The lowest BCUT2D eigenvalue weighted by Gasteiger charge is -2.22. The van der Waals surface area contributed by atoms with E-state index in [1.807, 2.05) is 0 Å². The molecule has 1 unspecified atom stereocenters. The summed E-state index contributed by atoms with van der Waals surface area (Å²) in [6.45, 7) is 1.75. The van der Waals surface area contributed by atoms with Crippen LogP contribution in [-0.4, -0.2) is 23.9 Å². The Hall–Kier alpha value is -2.02. The van der Waals surface area contributed by atoms with E-state index in [9.17, 15) is 19.3 Å². The van der Waals surface area contributed by atoms with E-state index in [1.54, 1.807) is 0 Å². The van der Waals surface area contributed by atoms with Gasteiger partial charge in [0.1, 0.15) is 5.82 Å². The Morgan fingerprint density at radius 1 is 1.50 bits per heavy atom. The molecule has 1 aliphatic rings. The minimum atomic E-state index is -0.742. The molecule has 6 nitrogen and oxygen atoms in total. The van der Waals surface area contributed by atoms with Gasteiger partial charge in [-0.25, -0.2) is 4.39 Å². The second kappa shape index (κ2) is 6.42. The minimum absolute atomic E-state index is 0.116. The number of rotatable bonds is 4. The summed E-state index contributed by atoms with van der Waals surface area (Å²) in [6, 6.07) is 3.05. The normalized spacial score (nSPS) is 18.6. The van der Waals surface area contributed by atoms with Gasteiger partial charge in [0, 0.05) is 12.5 Å². The molecule has 1 fully saturated rings. The first kappa shape index (κ1) is 14.4. The topological polar surface area (TPSA) is 84.3 Å². The summed E-state index contributed by atoms with van der Waals surface area (Å²) < 4.78 is 13.2. The lowest BCUT2D eigenvalue weighted by Crippen LogP contribution is -2.32. The highest BCUT2D eigenvalue weighted by Gasteiger charge is 2.18. The van der Waals surface area contributed by atoms with Crippen molar-refractivity contribution in [2.24, 2.45) is 5.92 Å². The molecule has 108 valence electrons. The van der Waals surface area contributed by atoms with Crippen LogP contribution in [0.4, 0.5) is 15.8 Å². The van der Waals surface area contributed by atoms with Gasteiger partial charge >= 0.3 is 0 Å². The van der Waals surface area contributed by atoms with Crippen molar-refractivity contribution in [2.75, 3.05) is 18.4 Å². The molecule has 0 aromatic heterocycles. The summed E-state index contributed by atoms with van der Waals surface area (Å²) in [5.41, 5.74) is -0.259. The summed E-state index contributed by atoms with van der Waals surface area (Å²) in [5.74, 6) is -0.736. The molecule has 0 bridgehead atoms. The Morgan fingerprint density at radius 2 is 2.30 bits per heavy atom. The SMILES string of the molecule is O=C(CC1CCCNC1)Nc1cc(F)cc([N+](=O)[O-])c1. The monoisotopic (exact) mass is 281 g/mol. The molecule has 1 aromatic rings. The number of hydrogen-bond acceptors (Lipinski definition) is 4. The Labute approximate surface area is 115 Å². The average Bonchev–Trinajstić information content (AvgIpc) is 2.38. The minimum Gasteiger partial charge on any atom is -0.326 e. The number of nitro benzene ring substituents is 1. The van der Waals surface area contributed by atoms with Gasteiger partial charge in [-0.3, -0.25) is 14.9 Å². The van der Waals surface area contributed by atoms with E-state index in [4.69, 9.17) is 0 Å². The van der Waals surface area contributed by atoms with Crippen LogP contribution >= 0.6 is 0 Å². The quantitative estimate of drug-likeness (QED) is 0.653. The molecule has 0 aliphatic carbocycles. The smallest absolute Gasteiger partial charge is 0.274 e. The van der Waals surface area contributed by atoms with Crippen LogP contribution in [0.3, 0.4) is 0 Å². The molecule has 0 saturated carbocycles. The van der Waals surface area contributed by atoms with Crippen molar-refractivity contribution in [3.8, 4) is 0 Å². The number of nitrogens with one attached hydrogen (secondary N) is 2. The van der Waals surface area contributed by atoms with Gasteiger partial charge in [0.05, 0.1) is 16.7 Å². The van der Waals surface area contributed by atoms with Crippen molar-refractivity contribution in [1.29, 1.82) is 0 Å². The van der Waals surface area contributed by atoms with Crippen molar-refractivity contribution < 1.29 is 14.1 Å². The van der Waals surface area contributed by atoms with E-state index < -0.39 is 10.7 Å². The number of nitro groups is 1. The number of carbonyl (C=O) groups excluding carboxylic acids is 1. The molecule has 20 heavy (non-hydrogen) atoms. The van der Waals surface area contributed by atoms with E-state index in [2.05, 4.69) is 10.6 Å². The molecule has 1 atom stereocenters. The molecular weight excluding hydrogens is 265 g/mol. The van der Waals surface area contributed by atoms with E-state index in [-0.39, 0.29) is 23.2 Å². The molecule has 1 aromatic carbocycles. The van der Waals surface area contributed by atoms with Gasteiger partial charge < -0.3 is 10.6 Å². The van der Waals surface area contributed by atoms with Crippen LogP contribution in [0, 0.1) is 21.8 Å². The highest BCUT2D eigenvalue weighted by Crippen LogP contribution is 2.21. The summed E-state index contributed by atoms with van der Waals surface area (Å²) in [5, 5.41) is 16.3. The molecule has 0 spiro atoms. The lowest BCUT2D eigenvalue weighted by atomic mass is 9.96. The number of carbonyl (C=O) groups is 1. The van der Waals surface area contributed by atoms with Gasteiger partial charge in [-0.1, -0.05) is 0 Å². The Balaban J connectivity index is 1.98. The first-order valence-electron chi connectivity index (χ1n) is 6.50. The van der Waals surface area contributed by atoms with Crippen LogP contribution in [0.25, 0.3) is 0 Å². The predicted molar refractivity (Wildman–Crippen MR) is 71.9 cm³/mol. The first-order valence-corrected chi connectivity index (χ1v) is 6.50. The third kappa shape index (κ3) is 3.99. The third-order valence-electron chi connectivity index (χ3n) is 3.25. The van der Waals surface area contributed by atoms with Crippen LogP contribution in [0.1, 0.15) is 19.3 Å². The maximum atomic E-state index is 13.2. The Morgan fingerprint density at radius 3 is 2.95 bits per heavy atom. The van der Waals surface area contributed by atoms with Gasteiger partial charge in [0.2, 0.25) is 5.91 Å². The van der Waals surface area contributed by atoms with Gasteiger partial charge in [0.25, 0.3) is 5.69 Å². The van der Waals surface area contributed by atoms with Crippen molar-refractivity contribution in [3.63, 3.8) is 0 Å². The van der Waals surface area contributed by atoms with Gasteiger partial charge in [-0.15, -0.1) is 0 Å². The number of amides is 1. The van der Waals surface area contributed by atoms with Crippen molar-refractivity contribution in [3.05, 3.63) is 34.1 Å². The van der Waals surface area contributed by atoms with Crippen molar-refractivity contribution in [2.45, 2.75) is 19.3 Å². The third-order valence-corrected chi connectivity index (χ3v) is 3.25. The molecular formula is C13H16FN3O3. The zero-order valence-corrected chi connectivity index (χ0v) is 10.9. The number of non-ortho nitro benzene ring substituents is 1. The number of hydrogen-bond donors (Lipinski definition) is 2. The predicted octanol–water partition coefficient (Wildman–Crippen LogP) is 2.06. The van der Waals surface area contributed by atoms with Crippen LogP contribution in [0.15, 0.2) is 18.2 Å². The zero-order valence-electron chi connectivity index (χ0n) is 10.9. The highest BCUT2D eigenvalue weighted by molar-refractivity contribution is 5.91. The number of anilines is 1. The van der Waals surface area contributed by atoms with Crippen LogP contribution in [0.2, 0.25) is 0 Å². The summed E-state index contributed by atoms with van der Waals surface area (Å²) in [7, 11) is 0. The largest absolute Gasteiger partial charge is 0.326 e. The highest BCUT2D eigenvalue weighted by atomic mass is 19.1. The maximum absolute atomic E-state index is 13.2. The fraction of sp³-hybridized carbons (Fsp3) is 0.462. The Bertz CT molecular complexity index is 516. The fourth-order valence-electron chi connectivity index (χ4n) is 2.32. The molecule has 0 radical (unpaired) electrons. The van der Waals surface area contributed by atoms with E-state index in [0.717, 1.165) is 44.1 Å². The first-order chi connectivity index (χ1) is 9.54. The van der Waals surface area contributed by atoms with Crippen molar-refractivity contribution in [1.82, 2.24) is 5.32 Å². The van der Waals surface area contributed by atoms with Gasteiger partial charge in [-0.05, 0) is 37.9 Å². The zero-order chi connectivity index (χ0) is 14.5. The lowest BCUT2D eigenvalue weighted by molar-refractivity contribution is -0.385. The average molecular weight is 281 g/mol. The van der Waals surface area contributed by atoms with Crippen LogP contribution < -0.4 is 10.6 Å². The van der Waals surface area contributed by atoms with Crippen LogP contribution in [-0.2, 0) is 4.79 Å². The van der Waals surface area contributed by atoms with Crippen LogP contribution in [0.5, 0.6) is 0 Å². The summed E-state index contributed by atoms with van der Waals surface area (Å²) in [4.78, 5) is 21.8. The number of benzene rings is 1. The van der Waals surface area contributed by atoms with E-state index in [1.165, 1.54) is 0 Å². The standard InChI is InChI=1S/C13H16FN3O3/c14-10-5-11(7-12(6-10)17(19)20)16-13(18)4-9-2-1-3-15-8-9/h5-7,9,15H,1-4,8H2,(H,16,18). The van der Waals surface area contributed by atoms with E-state index >= 15 is 0 Å². The number of nitrogens with zero attached hydrogens (tertiary/aromatic N) is 1. The van der Waals surface area contributed by atoms with Crippen molar-refractivity contribution >= 4 is 17.3 Å². The Kier molecular flexibility index (Phi) is 4.62. The van der Waals surface area contributed by atoms with Gasteiger partial charge in [0.15, 0.2) is 0 Å². The molecule has 1 saturated heterocycles. The number of halogens is 1. The molecule has 1 heterocycles. The molecule has 7 heteroatoms. The molecule has 2 rings (SSSR count). The maximum Gasteiger partial charge on any atom is 0.274 e. The fourth-order valence-corrected chi connectivity index (χ4v) is 2.32. The molecule has 1 amide bonds. The van der Waals surface area contributed by atoms with Gasteiger partial charge in [-0.2, -0.15) is 0 Å². The number of piperidine rings is 1. The second-order valence-electron chi connectivity index (χ2n) is 4.92. The molecule has 1 aliphatic heterocycles. The summed E-state index contributed by atoms with van der Waals surface area (Å²) in [6.07, 6.45) is 2.34. The molecule has 2 N–H and O–H groups in total. The second-order valence-corrected chi connectivity index (χ2v) is 4.92.